The molecule has 1 aromatic carbocycles. The van der Waals surface area contributed by atoms with Gasteiger partial charge in [0.05, 0.1) is 10.6 Å². The molecule has 0 saturated heterocycles. The highest BCUT2D eigenvalue weighted by Crippen LogP contribution is 2.21. The van der Waals surface area contributed by atoms with Gasteiger partial charge in [0.15, 0.2) is 0 Å². The van der Waals surface area contributed by atoms with Crippen LogP contribution in [-0.4, -0.2) is 10.9 Å². The normalized spacial score (nSPS) is 10.2. The molecule has 0 atom stereocenters. The minimum Gasteiger partial charge on any atom is -0.307 e. The minimum atomic E-state index is -0.312. The molecule has 0 saturated carbocycles. The number of amides is 1. The fourth-order valence-corrected chi connectivity index (χ4v) is 1.89. The van der Waals surface area contributed by atoms with Crippen molar-refractivity contribution in [3.63, 3.8) is 0 Å². The zero-order chi connectivity index (χ0) is 13.1. The molecule has 1 aromatic heterocycles. The molecule has 0 spiro atoms. The van der Waals surface area contributed by atoms with Gasteiger partial charge in [-0.3, -0.25) is 4.79 Å². The maximum absolute atomic E-state index is 12.0. The van der Waals surface area contributed by atoms with Crippen molar-refractivity contribution in [2.75, 3.05) is 5.32 Å². The Balaban J connectivity index is 2.19. The Kier molecular flexibility index (Phi) is 3.84. The number of hydrogen-bond donors (Lipinski definition) is 1. The number of nitrogens with one attached hydrogen (secondary N) is 1. The molecule has 0 aliphatic carbocycles. The van der Waals surface area contributed by atoms with Gasteiger partial charge in [-0.15, -0.1) is 0 Å². The second-order valence-electron chi connectivity index (χ2n) is 3.80. The SMILES string of the molecule is Cc1ccc(NC(=O)c2ccc(Cl)cc2Cl)nc1. The van der Waals surface area contributed by atoms with Crippen LogP contribution in [0.5, 0.6) is 0 Å². The maximum Gasteiger partial charge on any atom is 0.258 e. The van der Waals surface area contributed by atoms with E-state index in [1.807, 2.05) is 13.0 Å². The topological polar surface area (TPSA) is 42.0 Å². The van der Waals surface area contributed by atoms with Gasteiger partial charge in [0, 0.05) is 11.2 Å². The number of pyridine rings is 1. The number of benzene rings is 1. The summed E-state index contributed by atoms with van der Waals surface area (Å²) in [5.41, 5.74) is 1.39. The fourth-order valence-electron chi connectivity index (χ4n) is 1.40. The lowest BCUT2D eigenvalue weighted by Crippen LogP contribution is -2.13. The van der Waals surface area contributed by atoms with Crippen LogP contribution in [0.3, 0.4) is 0 Å². The Morgan fingerprint density at radius 1 is 1.22 bits per heavy atom. The summed E-state index contributed by atoms with van der Waals surface area (Å²) < 4.78 is 0. The van der Waals surface area contributed by atoms with Crippen LogP contribution < -0.4 is 5.32 Å². The van der Waals surface area contributed by atoms with E-state index in [4.69, 9.17) is 23.2 Å². The minimum absolute atomic E-state index is 0.312. The van der Waals surface area contributed by atoms with Crippen LogP contribution in [0.15, 0.2) is 36.5 Å². The second kappa shape index (κ2) is 5.38. The number of anilines is 1. The number of carbonyl (C=O) groups is 1. The molecule has 18 heavy (non-hydrogen) atoms. The van der Waals surface area contributed by atoms with Crippen LogP contribution in [0.2, 0.25) is 10.0 Å². The third-order valence-electron chi connectivity index (χ3n) is 2.33. The molecule has 2 aromatic rings. The first-order chi connectivity index (χ1) is 8.56. The lowest BCUT2D eigenvalue weighted by molar-refractivity contribution is 0.102. The van der Waals surface area contributed by atoms with E-state index in [1.54, 1.807) is 24.4 Å². The summed E-state index contributed by atoms with van der Waals surface area (Å²) in [6.45, 7) is 1.93. The van der Waals surface area contributed by atoms with Gasteiger partial charge in [-0.25, -0.2) is 4.98 Å². The first-order valence-corrected chi connectivity index (χ1v) is 6.01. The van der Waals surface area contributed by atoms with Crippen LogP contribution in [0.1, 0.15) is 15.9 Å². The highest BCUT2D eigenvalue weighted by Gasteiger charge is 2.11. The van der Waals surface area contributed by atoms with E-state index < -0.39 is 0 Å². The number of hydrogen-bond acceptors (Lipinski definition) is 2. The summed E-state index contributed by atoms with van der Waals surface area (Å²) in [7, 11) is 0. The van der Waals surface area contributed by atoms with E-state index in [-0.39, 0.29) is 5.91 Å². The largest absolute Gasteiger partial charge is 0.307 e. The van der Waals surface area contributed by atoms with Crippen molar-refractivity contribution in [3.8, 4) is 0 Å². The van der Waals surface area contributed by atoms with Crippen molar-refractivity contribution >= 4 is 34.9 Å². The molecule has 0 radical (unpaired) electrons. The molecule has 1 N–H and O–H groups in total. The summed E-state index contributed by atoms with van der Waals surface area (Å²) in [4.78, 5) is 16.0. The van der Waals surface area contributed by atoms with Crippen molar-refractivity contribution in [2.45, 2.75) is 6.92 Å². The predicted octanol–water partition coefficient (Wildman–Crippen LogP) is 3.95. The predicted molar refractivity (Wildman–Crippen MR) is 73.4 cm³/mol. The maximum atomic E-state index is 12.0. The third kappa shape index (κ3) is 3.00. The third-order valence-corrected chi connectivity index (χ3v) is 2.88. The standard InChI is InChI=1S/C13H10Cl2N2O/c1-8-2-5-12(16-7-8)17-13(18)10-4-3-9(14)6-11(10)15/h2-7H,1H3,(H,16,17,18). The molecule has 0 aliphatic rings. The Labute approximate surface area is 115 Å². The van der Waals surface area contributed by atoms with Gasteiger partial charge in [0.2, 0.25) is 0 Å². The summed E-state index contributed by atoms with van der Waals surface area (Å²) in [6, 6.07) is 8.32. The van der Waals surface area contributed by atoms with Gasteiger partial charge >= 0.3 is 0 Å². The average Bonchev–Trinajstić information content (AvgIpc) is 2.32. The lowest BCUT2D eigenvalue weighted by atomic mass is 10.2. The van der Waals surface area contributed by atoms with Gasteiger partial charge in [-0.2, -0.15) is 0 Å². The summed E-state index contributed by atoms with van der Waals surface area (Å²) in [5.74, 6) is 0.171. The molecular weight excluding hydrogens is 271 g/mol. The smallest absolute Gasteiger partial charge is 0.258 e. The Hall–Kier alpha value is -1.58. The number of halogens is 2. The van der Waals surface area contributed by atoms with Crippen molar-refractivity contribution < 1.29 is 4.79 Å². The quantitative estimate of drug-likeness (QED) is 0.905. The first kappa shape index (κ1) is 12.9. The number of rotatable bonds is 2. The van der Waals surface area contributed by atoms with Crippen molar-refractivity contribution in [1.82, 2.24) is 4.98 Å². The Morgan fingerprint density at radius 3 is 2.61 bits per heavy atom. The van der Waals surface area contributed by atoms with E-state index in [9.17, 15) is 4.79 Å². The van der Waals surface area contributed by atoms with E-state index in [0.717, 1.165) is 5.56 Å². The molecule has 0 bridgehead atoms. The van der Waals surface area contributed by atoms with Gasteiger partial charge in [-0.05, 0) is 36.8 Å². The highest BCUT2D eigenvalue weighted by atomic mass is 35.5. The fraction of sp³-hybridized carbons (Fsp3) is 0.0769. The van der Waals surface area contributed by atoms with E-state index in [2.05, 4.69) is 10.3 Å². The lowest BCUT2D eigenvalue weighted by Gasteiger charge is -2.06. The van der Waals surface area contributed by atoms with Gasteiger partial charge in [-0.1, -0.05) is 29.3 Å². The summed E-state index contributed by atoms with van der Waals surface area (Å²) in [5, 5.41) is 3.47. The molecule has 5 heteroatoms. The molecule has 1 amide bonds. The molecule has 3 nitrogen and oxygen atoms in total. The first-order valence-electron chi connectivity index (χ1n) is 5.25. The molecule has 0 fully saturated rings. The van der Waals surface area contributed by atoms with E-state index in [0.29, 0.717) is 21.4 Å². The summed E-state index contributed by atoms with van der Waals surface area (Å²) >= 11 is 11.7. The van der Waals surface area contributed by atoms with Crippen molar-refractivity contribution in [1.29, 1.82) is 0 Å². The van der Waals surface area contributed by atoms with Crippen LogP contribution in [0.25, 0.3) is 0 Å². The number of aryl methyl sites for hydroxylation is 1. The molecular formula is C13H10Cl2N2O. The zero-order valence-corrected chi connectivity index (χ0v) is 11.1. The molecule has 1 heterocycles. The van der Waals surface area contributed by atoms with Crippen LogP contribution in [0, 0.1) is 6.92 Å². The number of nitrogens with zero attached hydrogens (tertiary/aromatic N) is 1. The molecule has 2 rings (SSSR count). The van der Waals surface area contributed by atoms with E-state index >= 15 is 0 Å². The second-order valence-corrected chi connectivity index (χ2v) is 4.64. The zero-order valence-electron chi connectivity index (χ0n) is 9.58. The molecule has 0 unspecified atom stereocenters. The number of carbonyl (C=O) groups excluding carboxylic acids is 1. The van der Waals surface area contributed by atoms with Gasteiger partial charge in [0.1, 0.15) is 5.82 Å². The van der Waals surface area contributed by atoms with Crippen LogP contribution >= 0.6 is 23.2 Å². The van der Waals surface area contributed by atoms with Gasteiger partial charge in [0.25, 0.3) is 5.91 Å². The Morgan fingerprint density at radius 2 is 2.00 bits per heavy atom. The highest BCUT2D eigenvalue weighted by molar-refractivity contribution is 6.37. The summed E-state index contributed by atoms with van der Waals surface area (Å²) in [6.07, 6.45) is 1.68. The number of aromatic nitrogens is 1. The van der Waals surface area contributed by atoms with Crippen molar-refractivity contribution in [2.24, 2.45) is 0 Å². The monoisotopic (exact) mass is 280 g/mol. The molecule has 92 valence electrons. The van der Waals surface area contributed by atoms with E-state index in [1.165, 1.54) is 6.07 Å². The molecule has 0 aliphatic heterocycles. The van der Waals surface area contributed by atoms with Crippen LogP contribution in [-0.2, 0) is 0 Å². The van der Waals surface area contributed by atoms with Crippen LogP contribution in [0.4, 0.5) is 5.82 Å². The van der Waals surface area contributed by atoms with Gasteiger partial charge < -0.3 is 5.32 Å². The van der Waals surface area contributed by atoms with Crippen molar-refractivity contribution in [3.05, 3.63) is 57.7 Å². The Bertz CT molecular complexity index is 582. The average molecular weight is 281 g/mol.